The van der Waals surface area contributed by atoms with E-state index in [1.54, 1.807) is 0 Å². The average Bonchev–Trinajstić information content (AvgIpc) is 3.06. The number of hydrogen-bond donors (Lipinski definition) is 0. The summed E-state index contributed by atoms with van der Waals surface area (Å²) in [6, 6.07) is 0. The van der Waals surface area contributed by atoms with Crippen LogP contribution in [-0.4, -0.2) is 75.5 Å². The molecule has 3 nitrogen and oxygen atoms in total. The van der Waals surface area contributed by atoms with Crippen LogP contribution >= 0.6 is 0 Å². The fourth-order valence-corrected chi connectivity index (χ4v) is 8.06. The number of ether oxygens (including phenoxy) is 1. The van der Waals surface area contributed by atoms with E-state index in [0.29, 0.717) is 0 Å². The minimum Gasteiger partial charge on any atom is -0.370 e. The first-order valence-electron chi connectivity index (χ1n) is 12.5. The van der Waals surface area contributed by atoms with Crippen LogP contribution in [0.3, 0.4) is 0 Å². The first-order valence-corrected chi connectivity index (χ1v) is 12.5. The number of morpholine rings is 1. The second kappa shape index (κ2) is 7.71. The van der Waals surface area contributed by atoms with Crippen molar-refractivity contribution in [1.29, 1.82) is 0 Å². The Morgan fingerprint density at radius 3 is 1.86 bits per heavy atom. The smallest absolute Gasteiger partial charge is 0.102 e. The number of fused-ring (bicyclic) bond motifs is 5. The zero-order valence-corrected chi connectivity index (χ0v) is 18.6. The summed E-state index contributed by atoms with van der Waals surface area (Å²) < 4.78 is 8.22. The van der Waals surface area contributed by atoms with Gasteiger partial charge in [0.25, 0.3) is 0 Å². The number of likely N-dealkylation sites (N-methyl/N-ethyl adjacent to an activating group) is 1. The molecule has 1 unspecified atom stereocenters. The van der Waals surface area contributed by atoms with E-state index >= 15 is 0 Å². The minimum absolute atomic E-state index is 0.966. The number of likely N-dealkylation sites (tertiary alicyclic amines) is 1. The van der Waals surface area contributed by atoms with E-state index < -0.39 is 0 Å². The van der Waals surface area contributed by atoms with Gasteiger partial charge in [-0.25, -0.2) is 0 Å². The van der Waals surface area contributed by atoms with Crippen molar-refractivity contribution >= 4 is 0 Å². The highest BCUT2D eigenvalue weighted by Gasteiger charge is 2.54. The number of quaternary nitrogens is 2. The molecular weight excluding hydrogens is 344 g/mol. The van der Waals surface area contributed by atoms with Gasteiger partial charge < -0.3 is 13.7 Å². The molecule has 3 aliphatic carbocycles. The van der Waals surface area contributed by atoms with E-state index in [1.165, 1.54) is 106 Å². The Labute approximate surface area is 173 Å². The largest absolute Gasteiger partial charge is 0.370 e. The molecule has 2 saturated heterocycles. The number of nitrogens with zero attached hydrogens (tertiary/aromatic N) is 2. The van der Waals surface area contributed by atoms with Crippen LogP contribution in [0.4, 0.5) is 0 Å². The molecule has 2 aliphatic heterocycles. The lowest BCUT2D eigenvalue weighted by molar-refractivity contribution is -0.928. The molecule has 0 aromatic heterocycles. The summed E-state index contributed by atoms with van der Waals surface area (Å²) >= 11 is 0. The number of hydrogen-bond acceptors (Lipinski definition) is 1. The Kier molecular flexibility index (Phi) is 5.39. The molecule has 0 radical (unpaired) electrons. The van der Waals surface area contributed by atoms with Crippen molar-refractivity contribution in [2.24, 2.45) is 23.7 Å². The maximum Gasteiger partial charge on any atom is 0.102 e. The molecule has 0 bridgehead atoms. The van der Waals surface area contributed by atoms with Gasteiger partial charge in [-0.1, -0.05) is 24.0 Å². The molecule has 158 valence electrons. The molecule has 5 aliphatic rings. The van der Waals surface area contributed by atoms with E-state index in [-0.39, 0.29) is 0 Å². The molecule has 0 aromatic rings. The van der Waals surface area contributed by atoms with Gasteiger partial charge in [0.1, 0.15) is 13.1 Å². The van der Waals surface area contributed by atoms with Gasteiger partial charge in [-0.15, -0.1) is 0 Å². The molecule has 2 saturated carbocycles. The van der Waals surface area contributed by atoms with Gasteiger partial charge in [-0.2, -0.15) is 0 Å². The topological polar surface area (TPSA) is 9.23 Å². The predicted octanol–water partition coefficient (Wildman–Crippen LogP) is 4.24. The van der Waals surface area contributed by atoms with Gasteiger partial charge in [-0.05, 0) is 50.4 Å². The van der Waals surface area contributed by atoms with Crippen molar-refractivity contribution < 1.29 is 13.7 Å². The van der Waals surface area contributed by atoms with Crippen molar-refractivity contribution in [2.75, 3.05) is 66.6 Å². The van der Waals surface area contributed by atoms with Crippen molar-refractivity contribution in [1.82, 2.24) is 0 Å². The summed E-state index contributed by atoms with van der Waals surface area (Å²) in [4.78, 5) is 0. The van der Waals surface area contributed by atoms with Crippen LogP contribution in [0, 0.1) is 23.7 Å². The van der Waals surface area contributed by atoms with Gasteiger partial charge >= 0.3 is 0 Å². The molecule has 5 rings (SSSR count). The van der Waals surface area contributed by atoms with E-state index in [1.807, 2.05) is 11.1 Å². The molecule has 5 atom stereocenters. The fourth-order valence-electron chi connectivity index (χ4n) is 8.06. The van der Waals surface area contributed by atoms with Crippen LogP contribution < -0.4 is 0 Å². The van der Waals surface area contributed by atoms with Crippen LogP contribution in [0.5, 0.6) is 0 Å². The second-order valence-electron chi connectivity index (χ2n) is 11.5. The Hall–Kier alpha value is -0.380. The SMILES string of the molecule is C[N+]1(CCC[N+]2(C)C[C@@H]3[C@H](C2)[C@H]2CCCCC2=C2CCCC[C@@H]23)CCOCC1. The van der Waals surface area contributed by atoms with E-state index in [9.17, 15) is 0 Å². The summed E-state index contributed by atoms with van der Waals surface area (Å²) in [5, 5.41) is 0. The van der Waals surface area contributed by atoms with Crippen LogP contribution in [0.2, 0.25) is 0 Å². The fraction of sp³-hybridized carbons (Fsp3) is 0.920. The third-order valence-electron chi connectivity index (χ3n) is 9.56. The summed E-state index contributed by atoms with van der Waals surface area (Å²) in [7, 11) is 5.07. The molecule has 4 fully saturated rings. The third-order valence-corrected chi connectivity index (χ3v) is 9.56. The molecule has 28 heavy (non-hydrogen) atoms. The Morgan fingerprint density at radius 2 is 1.29 bits per heavy atom. The monoisotopic (exact) mass is 388 g/mol. The normalized spacial score (nSPS) is 39.2. The van der Waals surface area contributed by atoms with Crippen LogP contribution in [0.15, 0.2) is 11.1 Å². The summed E-state index contributed by atoms with van der Waals surface area (Å²) in [5.41, 5.74) is 3.99. The van der Waals surface area contributed by atoms with Crippen molar-refractivity contribution in [3.8, 4) is 0 Å². The van der Waals surface area contributed by atoms with Gasteiger partial charge in [0.05, 0.1) is 53.5 Å². The predicted molar refractivity (Wildman–Crippen MR) is 115 cm³/mol. The first kappa shape index (κ1) is 19.6. The van der Waals surface area contributed by atoms with Crippen LogP contribution in [0.25, 0.3) is 0 Å². The highest BCUT2D eigenvalue weighted by Crippen LogP contribution is 2.55. The average molecular weight is 389 g/mol. The van der Waals surface area contributed by atoms with Crippen LogP contribution in [0.1, 0.15) is 57.8 Å². The van der Waals surface area contributed by atoms with Crippen molar-refractivity contribution in [2.45, 2.75) is 57.8 Å². The lowest BCUT2D eigenvalue weighted by Gasteiger charge is -2.45. The zero-order valence-electron chi connectivity index (χ0n) is 18.6. The van der Waals surface area contributed by atoms with Crippen molar-refractivity contribution in [3.05, 3.63) is 11.1 Å². The quantitative estimate of drug-likeness (QED) is 0.517. The Morgan fingerprint density at radius 1 is 0.750 bits per heavy atom. The Bertz CT molecular complexity index is 572. The Balaban J connectivity index is 1.27. The third kappa shape index (κ3) is 3.61. The van der Waals surface area contributed by atoms with Gasteiger partial charge in [-0.3, -0.25) is 0 Å². The summed E-state index contributed by atoms with van der Waals surface area (Å²) in [6.07, 6.45) is 13.3. The van der Waals surface area contributed by atoms with E-state index in [0.717, 1.165) is 36.9 Å². The molecule has 2 heterocycles. The molecule has 3 heteroatoms. The lowest BCUT2D eigenvalue weighted by Crippen LogP contribution is -2.53. The van der Waals surface area contributed by atoms with Gasteiger partial charge in [0, 0.05) is 18.3 Å². The molecule has 0 aromatic carbocycles. The highest BCUT2D eigenvalue weighted by molar-refractivity contribution is 5.28. The maximum absolute atomic E-state index is 5.61. The lowest BCUT2D eigenvalue weighted by atomic mass is 9.58. The van der Waals surface area contributed by atoms with Gasteiger partial charge in [0.2, 0.25) is 0 Å². The standard InChI is InChI=1S/C25H44N2O/c1-26(14-16-28-17-15-26)12-7-13-27(2)18-24-22-10-5-3-8-20(22)21-9-4-6-11-23(21)25(24)19-27/h22-25H,3-19H2,1-2H3/q+2/t22-,23-,24-,25+,27?/m0/s1. The molecule has 0 spiro atoms. The maximum atomic E-state index is 5.61. The van der Waals surface area contributed by atoms with Crippen molar-refractivity contribution in [3.63, 3.8) is 0 Å². The minimum atomic E-state index is 0.966. The second-order valence-corrected chi connectivity index (χ2v) is 11.5. The zero-order chi connectivity index (χ0) is 19.2. The number of rotatable bonds is 4. The van der Waals surface area contributed by atoms with Gasteiger partial charge in [0.15, 0.2) is 0 Å². The van der Waals surface area contributed by atoms with E-state index in [4.69, 9.17) is 4.74 Å². The molecular formula is C25H44N2O+2. The van der Waals surface area contributed by atoms with Crippen LogP contribution in [-0.2, 0) is 4.74 Å². The summed E-state index contributed by atoms with van der Waals surface area (Å²) in [5.74, 6) is 3.99. The molecule has 0 amide bonds. The molecule has 0 N–H and O–H groups in total. The highest BCUT2D eigenvalue weighted by atomic mass is 16.5. The van der Waals surface area contributed by atoms with E-state index in [2.05, 4.69) is 14.1 Å². The number of allylic oxidation sites excluding steroid dienone is 2. The summed E-state index contributed by atoms with van der Waals surface area (Å²) in [6.45, 7) is 10.1. The first-order chi connectivity index (χ1) is 13.6.